The number of carbonyl (C=O) groups is 2. The van der Waals surface area contributed by atoms with Crippen molar-refractivity contribution < 1.29 is 49.3 Å². The lowest BCUT2D eigenvalue weighted by molar-refractivity contribution is -0.302. The number of ether oxygens (including phenoxy) is 3. The van der Waals surface area contributed by atoms with Crippen molar-refractivity contribution in [3.8, 4) is 0 Å². The van der Waals surface area contributed by atoms with Crippen LogP contribution in [-0.4, -0.2) is 100 Å². The molecular weight excluding hydrogens is 787 g/mol. The third-order valence-electron chi connectivity index (χ3n) is 12.1. The number of rotatable bonds is 43. The van der Waals surface area contributed by atoms with Crippen LogP contribution in [0.25, 0.3) is 0 Å². The van der Waals surface area contributed by atoms with Crippen molar-refractivity contribution in [3.05, 3.63) is 24.3 Å². The first-order valence-corrected chi connectivity index (χ1v) is 25.6. The van der Waals surface area contributed by atoms with E-state index >= 15 is 0 Å². The summed E-state index contributed by atoms with van der Waals surface area (Å²) in [5.41, 5.74) is 0. The molecule has 7 atom stereocenters. The van der Waals surface area contributed by atoms with Crippen molar-refractivity contribution in [1.82, 2.24) is 5.32 Å². The predicted octanol–water partition coefficient (Wildman–Crippen LogP) is 10.2. The van der Waals surface area contributed by atoms with Gasteiger partial charge in [-0.1, -0.05) is 192 Å². The number of allylic oxidation sites excluding steroid dienone is 3. The molecule has 62 heavy (non-hydrogen) atoms. The van der Waals surface area contributed by atoms with Gasteiger partial charge < -0.3 is 45.1 Å². The van der Waals surface area contributed by atoms with Gasteiger partial charge in [-0.05, 0) is 44.9 Å². The molecule has 0 radical (unpaired) electrons. The summed E-state index contributed by atoms with van der Waals surface area (Å²) in [5.74, 6) is -0.244. The number of hydrogen-bond acceptors (Lipinski definition) is 10. The van der Waals surface area contributed by atoms with Crippen molar-refractivity contribution in [2.45, 2.75) is 269 Å². The number of carbonyl (C=O) groups excluding carboxylic acids is 2. The molecule has 0 saturated carbocycles. The molecule has 1 saturated heterocycles. The maximum atomic E-state index is 13.0. The SMILES string of the molecule is CCCCCCC/C=C/CC/C=C/C(O)C(COC1OC(CO)C(O)C(O)C1O)NC(=O)CCCCCCCCCCCCCCOC(=O)CCCCCCCCCCCCC. The van der Waals surface area contributed by atoms with E-state index in [1.54, 1.807) is 6.08 Å². The van der Waals surface area contributed by atoms with Gasteiger partial charge in [-0.3, -0.25) is 9.59 Å². The maximum absolute atomic E-state index is 13.0. The van der Waals surface area contributed by atoms with Gasteiger partial charge in [0, 0.05) is 12.8 Å². The molecule has 0 bridgehead atoms. The highest BCUT2D eigenvalue weighted by Crippen LogP contribution is 2.23. The van der Waals surface area contributed by atoms with Gasteiger partial charge in [0.1, 0.15) is 24.4 Å². The zero-order valence-corrected chi connectivity index (χ0v) is 39.6. The lowest BCUT2D eigenvalue weighted by Gasteiger charge is -2.40. The van der Waals surface area contributed by atoms with Crippen molar-refractivity contribution in [2.75, 3.05) is 19.8 Å². The van der Waals surface area contributed by atoms with E-state index in [9.17, 15) is 35.1 Å². The lowest BCUT2D eigenvalue weighted by atomic mass is 9.99. The maximum Gasteiger partial charge on any atom is 0.305 e. The van der Waals surface area contributed by atoms with Crippen LogP contribution in [0.4, 0.5) is 0 Å². The number of aliphatic hydroxyl groups is 5. The van der Waals surface area contributed by atoms with Crippen LogP contribution in [0.5, 0.6) is 0 Å². The Morgan fingerprint density at radius 1 is 0.581 bits per heavy atom. The standard InChI is InChI=1S/C51H95NO10/c1-3-5-7-9-11-13-17-21-25-29-33-37-44(54)43(42-61-51-50(59)49(58)48(57)45(41-53)62-51)52-46(55)38-34-30-26-22-19-15-16-20-24-28-32-36-40-60-47(56)39-35-31-27-23-18-14-12-10-8-6-4-2/h17,21,33,37,43-45,48-51,53-54,57-59H,3-16,18-20,22-32,34-36,38-42H2,1-2H3,(H,52,55)/b21-17+,37-33+. The Labute approximate surface area is 378 Å². The third-order valence-corrected chi connectivity index (χ3v) is 12.1. The second-order valence-corrected chi connectivity index (χ2v) is 17.9. The zero-order chi connectivity index (χ0) is 45.3. The summed E-state index contributed by atoms with van der Waals surface area (Å²) in [7, 11) is 0. The van der Waals surface area contributed by atoms with Crippen molar-refractivity contribution in [2.24, 2.45) is 0 Å². The number of aliphatic hydroxyl groups excluding tert-OH is 5. The van der Waals surface area contributed by atoms with Gasteiger partial charge in [0.15, 0.2) is 6.29 Å². The number of esters is 1. The van der Waals surface area contributed by atoms with Gasteiger partial charge in [-0.2, -0.15) is 0 Å². The summed E-state index contributed by atoms with van der Waals surface area (Å²) in [5, 5.41) is 54.1. The molecule has 11 nitrogen and oxygen atoms in total. The fraction of sp³-hybridized carbons (Fsp3) is 0.882. The van der Waals surface area contributed by atoms with Gasteiger partial charge in [0.05, 0.1) is 32.0 Å². The molecule has 0 spiro atoms. The fourth-order valence-electron chi connectivity index (χ4n) is 7.92. The van der Waals surface area contributed by atoms with Crippen LogP contribution in [-0.2, 0) is 23.8 Å². The Hall–Kier alpha value is -1.86. The van der Waals surface area contributed by atoms with Crippen LogP contribution in [0.15, 0.2) is 24.3 Å². The molecule has 11 heteroatoms. The average Bonchev–Trinajstić information content (AvgIpc) is 3.27. The molecule has 1 rings (SSSR count). The second-order valence-electron chi connectivity index (χ2n) is 17.9. The summed E-state index contributed by atoms with van der Waals surface area (Å²) < 4.78 is 16.6. The van der Waals surface area contributed by atoms with E-state index in [2.05, 4.69) is 31.3 Å². The van der Waals surface area contributed by atoms with Crippen molar-refractivity contribution in [3.63, 3.8) is 0 Å². The van der Waals surface area contributed by atoms with Crippen LogP contribution < -0.4 is 5.32 Å². The molecule has 1 aliphatic rings. The van der Waals surface area contributed by atoms with E-state index in [0.29, 0.717) is 19.4 Å². The first-order chi connectivity index (χ1) is 30.2. The van der Waals surface area contributed by atoms with Crippen LogP contribution in [0.2, 0.25) is 0 Å². The molecule has 0 aromatic carbocycles. The normalized spacial score (nSPS) is 20.3. The fourth-order valence-corrected chi connectivity index (χ4v) is 7.92. The molecular formula is C51H95NO10. The Kier molecular flexibility index (Phi) is 39.2. The highest BCUT2D eigenvalue weighted by Gasteiger charge is 2.44. The summed E-state index contributed by atoms with van der Waals surface area (Å²) in [6, 6.07) is -0.837. The van der Waals surface area contributed by atoms with E-state index in [-0.39, 0.29) is 18.5 Å². The van der Waals surface area contributed by atoms with Gasteiger partial charge in [0.2, 0.25) is 5.91 Å². The lowest BCUT2D eigenvalue weighted by Crippen LogP contribution is -2.60. The summed E-state index contributed by atoms with van der Waals surface area (Å²) in [4.78, 5) is 25.0. The monoisotopic (exact) mass is 882 g/mol. The van der Waals surface area contributed by atoms with Crippen LogP contribution in [0.1, 0.15) is 226 Å². The minimum absolute atomic E-state index is 0.0351. The van der Waals surface area contributed by atoms with Gasteiger partial charge in [0.25, 0.3) is 0 Å². The first kappa shape index (κ1) is 58.2. The Bertz CT molecular complexity index is 1090. The quantitative estimate of drug-likeness (QED) is 0.0196. The van der Waals surface area contributed by atoms with Crippen LogP contribution >= 0.6 is 0 Å². The third kappa shape index (κ3) is 31.9. The highest BCUT2D eigenvalue weighted by molar-refractivity contribution is 5.76. The summed E-state index contributed by atoms with van der Waals surface area (Å²) in [6.07, 6.45) is 36.8. The number of nitrogens with one attached hydrogen (secondary N) is 1. The first-order valence-electron chi connectivity index (χ1n) is 25.6. The van der Waals surface area contributed by atoms with Crippen LogP contribution in [0.3, 0.4) is 0 Å². The molecule has 1 amide bonds. The van der Waals surface area contributed by atoms with Crippen LogP contribution in [0, 0.1) is 0 Å². The molecule has 1 aliphatic heterocycles. The molecule has 0 aromatic rings. The Balaban J connectivity index is 2.19. The number of amides is 1. The summed E-state index contributed by atoms with van der Waals surface area (Å²) >= 11 is 0. The molecule has 364 valence electrons. The predicted molar refractivity (Wildman–Crippen MR) is 251 cm³/mol. The van der Waals surface area contributed by atoms with Crippen molar-refractivity contribution in [1.29, 1.82) is 0 Å². The van der Waals surface area contributed by atoms with Gasteiger partial charge in [-0.15, -0.1) is 0 Å². The van der Waals surface area contributed by atoms with E-state index < -0.39 is 49.5 Å². The van der Waals surface area contributed by atoms with E-state index in [1.807, 2.05) is 6.08 Å². The van der Waals surface area contributed by atoms with E-state index in [1.165, 1.54) is 128 Å². The number of hydrogen-bond donors (Lipinski definition) is 6. The minimum atomic E-state index is -1.58. The highest BCUT2D eigenvalue weighted by atomic mass is 16.7. The molecule has 7 unspecified atom stereocenters. The molecule has 1 fully saturated rings. The van der Waals surface area contributed by atoms with E-state index in [0.717, 1.165) is 70.6 Å². The Morgan fingerprint density at radius 3 is 1.60 bits per heavy atom. The van der Waals surface area contributed by atoms with Crippen molar-refractivity contribution >= 4 is 11.9 Å². The minimum Gasteiger partial charge on any atom is -0.466 e. The molecule has 0 aromatic heterocycles. The molecule has 1 heterocycles. The average molecular weight is 882 g/mol. The smallest absolute Gasteiger partial charge is 0.305 e. The number of unbranched alkanes of at least 4 members (excludes halogenated alkanes) is 27. The van der Waals surface area contributed by atoms with Gasteiger partial charge in [-0.25, -0.2) is 0 Å². The second kappa shape index (κ2) is 41.8. The Morgan fingerprint density at radius 2 is 1.05 bits per heavy atom. The summed E-state index contributed by atoms with van der Waals surface area (Å²) in [6.45, 7) is 4.23. The zero-order valence-electron chi connectivity index (χ0n) is 39.6. The van der Waals surface area contributed by atoms with E-state index in [4.69, 9.17) is 14.2 Å². The largest absolute Gasteiger partial charge is 0.466 e. The topological polar surface area (TPSA) is 175 Å². The molecule has 0 aliphatic carbocycles. The molecule has 6 N–H and O–H groups in total. The van der Waals surface area contributed by atoms with Gasteiger partial charge >= 0.3 is 5.97 Å².